The summed E-state index contributed by atoms with van der Waals surface area (Å²) in [6.45, 7) is 11.3. The molecular weight excluding hydrogens is 232 g/mol. The average molecular weight is 254 g/mol. The van der Waals surface area contributed by atoms with E-state index in [9.17, 15) is 0 Å². The molecular formula is C12H22N4O2. The van der Waals surface area contributed by atoms with Crippen molar-refractivity contribution >= 4 is 0 Å². The van der Waals surface area contributed by atoms with Gasteiger partial charge in [0.15, 0.2) is 0 Å². The van der Waals surface area contributed by atoms with Gasteiger partial charge in [-0.25, -0.2) is 0 Å². The maximum Gasteiger partial charge on any atom is 0.240 e. The monoisotopic (exact) mass is 254 g/mol. The molecule has 102 valence electrons. The highest BCUT2D eigenvalue weighted by atomic mass is 16.5. The quantitative estimate of drug-likeness (QED) is 0.836. The van der Waals surface area contributed by atoms with Gasteiger partial charge in [0.1, 0.15) is 5.60 Å². The van der Waals surface area contributed by atoms with Gasteiger partial charge in [-0.1, -0.05) is 5.16 Å². The molecule has 0 amide bonds. The van der Waals surface area contributed by atoms with Crippen LogP contribution in [0.2, 0.25) is 0 Å². The Morgan fingerprint density at radius 3 is 2.78 bits per heavy atom. The minimum absolute atomic E-state index is 0.486. The fourth-order valence-electron chi connectivity index (χ4n) is 2.05. The molecule has 0 saturated carbocycles. The van der Waals surface area contributed by atoms with Crippen molar-refractivity contribution in [1.82, 2.24) is 20.4 Å². The van der Waals surface area contributed by atoms with Crippen molar-refractivity contribution in [2.24, 2.45) is 0 Å². The van der Waals surface area contributed by atoms with Crippen LogP contribution in [0.3, 0.4) is 0 Å². The van der Waals surface area contributed by atoms with Crippen LogP contribution in [-0.2, 0) is 16.9 Å². The van der Waals surface area contributed by atoms with E-state index in [4.69, 9.17) is 9.26 Å². The molecule has 0 atom stereocenters. The van der Waals surface area contributed by atoms with Crippen molar-refractivity contribution in [3.05, 3.63) is 11.7 Å². The Kier molecular flexibility index (Phi) is 4.31. The summed E-state index contributed by atoms with van der Waals surface area (Å²) in [5.74, 6) is 1.29. The lowest BCUT2D eigenvalue weighted by atomic mass is 10.1. The van der Waals surface area contributed by atoms with Gasteiger partial charge in [-0.15, -0.1) is 0 Å². The fourth-order valence-corrected chi connectivity index (χ4v) is 2.05. The van der Waals surface area contributed by atoms with E-state index < -0.39 is 5.60 Å². The Bertz CT molecular complexity index is 372. The minimum atomic E-state index is -0.486. The van der Waals surface area contributed by atoms with Crippen molar-refractivity contribution < 1.29 is 9.26 Å². The van der Waals surface area contributed by atoms with E-state index in [0.29, 0.717) is 18.3 Å². The first-order valence-electron chi connectivity index (χ1n) is 6.52. The second-order valence-electron chi connectivity index (χ2n) is 4.98. The summed E-state index contributed by atoms with van der Waals surface area (Å²) in [6, 6.07) is 0. The molecule has 2 rings (SSSR count). The minimum Gasteiger partial charge on any atom is -0.368 e. The van der Waals surface area contributed by atoms with Crippen LogP contribution < -0.4 is 5.32 Å². The maximum absolute atomic E-state index is 5.61. The predicted molar refractivity (Wildman–Crippen MR) is 67.1 cm³/mol. The summed E-state index contributed by atoms with van der Waals surface area (Å²) >= 11 is 0. The molecule has 2 heterocycles. The summed E-state index contributed by atoms with van der Waals surface area (Å²) in [5, 5.41) is 7.34. The molecule has 6 heteroatoms. The van der Waals surface area contributed by atoms with Gasteiger partial charge in [0.2, 0.25) is 11.7 Å². The third kappa shape index (κ3) is 3.28. The Hall–Kier alpha value is -0.980. The molecule has 0 unspecified atom stereocenters. The van der Waals surface area contributed by atoms with Gasteiger partial charge < -0.3 is 14.6 Å². The zero-order chi connectivity index (χ0) is 13.0. The highest BCUT2D eigenvalue weighted by Gasteiger charge is 2.27. The molecule has 0 spiro atoms. The third-order valence-corrected chi connectivity index (χ3v) is 3.08. The van der Waals surface area contributed by atoms with Gasteiger partial charge in [-0.3, -0.25) is 4.90 Å². The second-order valence-corrected chi connectivity index (χ2v) is 4.98. The zero-order valence-corrected chi connectivity index (χ0v) is 11.4. The van der Waals surface area contributed by atoms with Crippen molar-refractivity contribution in [2.45, 2.75) is 32.9 Å². The van der Waals surface area contributed by atoms with Crippen LogP contribution in [-0.4, -0.2) is 47.8 Å². The Labute approximate surface area is 108 Å². The summed E-state index contributed by atoms with van der Waals surface area (Å²) in [4.78, 5) is 6.74. The number of hydrogen-bond donors (Lipinski definition) is 1. The van der Waals surface area contributed by atoms with Crippen molar-refractivity contribution in [3.8, 4) is 0 Å². The van der Waals surface area contributed by atoms with E-state index in [2.05, 4.69) is 20.4 Å². The Morgan fingerprint density at radius 2 is 2.11 bits per heavy atom. The van der Waals surface area contributed by atoms with Crippen molar-refractivity contribution in [1.29, 1.82) is 0 Å². The lowest BCUT2D eigenvalue weighted by molar-refractivity contribution is -0.0221. The first kappa shape index (κ1) is 13.5. The van der Waals surface area contributed by atoms with E-state index in [-0.39, 0.29) is 0 Å². The zero-order valence-electron chi connectivity index (χ0n) is 11.4. The molecule has 0 radical (unpaired) electrons. The molecule has 6 nitrogen and oxygen atoms in total. The topological polar surface area (TPSA) is 63.4 Å². The van der Waals surface area contributed by atoms with E-state index in [1.165, 1.54) is 0 Å². The van der Waals surface area contributed by atoms with E-state index in [1.54, 1.807) is 0 Å². The number of piperazine rings is 1. The van der Waals surface area contributed by atoms with Gasteiger partial charge >= 0.3 is 0 Å². The molecule has 0 aliphatic carbocycles. The van der Waals surface area contributed by atoms with E-state index in [1.807, 2.05) is 20.8 Å². The van der Waals surface area contributed by atoms with Crippen LogP contribution in [0.1, 0.15) is 32.5 Å². The molecule has 1 aromatic heterocycles. The van der Waals surface area contributed by atoms with Crippen LogP contribution >= 0.6 is 0 Å². The third-order valence-electron chi connectivity index (χ3n) is 3.08. The number of nitrogens with one attached hydrogen (secondary N) is 1. The lowest BCUT2D eigenvalue weighted by Crippen LogP contribution is -2.42. The number of aromatic nitrogens is 2. The molecule has 1 aliphatic heterocycles. The molecule has 1 saturated heterocycles. The number of nitrogens with zero attached hydrogens (tertiary/aromatic N) is 3. The van der Waals surface area contributed by atoms with Crippen molar-refractivity contribution in [2.75, 3.05) is 32.8 Å². The van der Waals surface area contributed by atoms with Crippen LogP contribution in [0.5, 0.6) is 0 Å². The summed E-state index contributed by atoms with van der Waals surface area (Å²) in [5.41, 5.74) is -0.486. The average Bonchev–Trinajstić information content (AvgIpc) is 2.79. The molecule has 1 aromatic rings. The Balaban J connectivity index is 1.96. The predicted octanol–water partition coefficient (Wildman–Crippen LogP) is 0.746. The van der Waals surface area contributed by atoms with Crippen LogP contribution in [0.15, 0.2) is 4.52 Å². The van der Waals surface area contributed by atoms with Crippen molar-refractivity contribution in [3.63, 3.8) is 0 Å². The highest BCUT2D eigenvalue weighted by Crippen LogP contribution is 2.21. The summed E-state index contributed by atoms with van der Waals surface area (Å²) < 4.78 is 10.9. The van der Waals surface area contributed by atoms with E-state index >= 15 is 0 Å². The number of ether oxygens (including phenoxy) is 1. The summed E-state index contributed by atoms with van der Waals surface area (Å²) in [6.07, 6.45) is 0. The first-order chi connectivity index (χ1) is 8.62. The summed E-state index contributed by atoms with van der Waals surface area (Å²) in [7, 11) is 0. The highest BCUT2D eigenvalue weighted by molar-refractivity contribution is 4.97. The molecule has 1 fully saturated rings. The Morgan fingerprint density at radius 1 is 1.39 bits per heavy atom. The number of rotatable bonds is 5. The molecule has 18 heavy (non-hydrogen) atoms. The van der Waals surface area contributed by atoms with Crippen LogP contribution in [0.4, 0.5) is 0 Å². The first-order valence-corrected chi connectivity index (χ1v) is 6.52. The molecule has 1 N–H and O–H groups in total. The SMILES string of the molecule is CCOC(C)(C)c1noc(CN2CCNCC2)n1. The van der Waals surface area contributed by atoms with E-state index in [0.717, 1.165) is 32.7 Å². The van der Waals surface area contributed by atoms with Crippen LogP contribution in [0.25, 0.3) is 0 Å². The smallest absolute Gasteiger partial charge is 0.240 e. The standard InChI is InChI=1S/C12H22N4O2/c1-4-17-12(2,3)11-14-10(18-15-11)9-16-7-5-13-6-8-16/h13H,4-9H2,1-3H3. The molecule has 0 bridgehead atoms. The largest absolute Gasteiger partial charge is 0.368 e. The fraction of sp³-hybridized carbons (Fsp3) is 0.833. The van der Waals surface area contributed by atoms with Gasteiger partial charge in [0.25, 0.3) is 0 Å². The van der Waals surface area contributed by atoms with Gasteiger partial charge in [0.05, 0.1) is 6.54 Å². The van der Waals surface area contributed by atoms with Gasteiger partial charge in [-0.2, -0.15) is 4.98 Å². The molecule has 1 aliphatic rings. The normalized spacial score (nSPS) is 18.2. The molecule has 0 aromatic carbocycles. The lowest BCUT2D eigenvalue weighted by Gasteiger charge is -2.25. The van der Waals surface area contributed by atoms with Gasteiger partial charge in [-0.05, 0) is 20.8 Å². The second kappa shape index (κ2) is 5.77. The van der Waals surface area contributed by atoms with Crippen LogP contribution in [0, 0.1) is 0 Å². The van der Waals surface area contributed by atoms with Gasteiger partial charge in [0, 0.05) is 32.8 Å². The number of hydrogen-bond acceptors (Lipinski definition) is 6. The maximum atomic E-state index is 5.61.